The van der Waals surface area contributed by atoms with E-state index in [1.165, 1.54) is 6.20 Å². The first kappa shape index (κ1) is 15.2. The first-order chi connectivity index (χ1) is 9.47. The van der Waals surface area contributed by atoms with E-state index in [2.05, 4.69) is 15.0 Å². The summed E-state index contributed by atoms with van der Waals surface area (Å²) in [5.41, 5.74) is 0.0974. The van der Waals surface area contributed by atoms with Gasteiger partial charge in [0, 0.05) is 25.9 Å². The Morgan fingerprint density at radius 1 is 1.50 bits per heavy atom. The average Bonchev–Trinajstić information content (AvgIpc) is 2.85. The SMILES string of the molecule is CCNc1cccnc1S(=O)(=O)NCC1(C)CCCO1. The van der Waals surface area contributed by atoms with Gasteiger partial charge in [0.2, 0.25) is 0 Å². The molecule has 2 heterocycles. The molecule has 2 rings (SSSR count). The van der Waals surface area contributed by atoms with E-state index in [1.807, 2.05) is 13.8 Å². The van der Waals surface area contributed by atoms with Crippen molar-refractivity contribution >= 4 is 15.7 Å². The van der Waals surface area contributed by atoms with Crippen LogP contribution in [0.25, 0.3) is 0 Å². The van der Waals surface area contributed by atoms with Crippen LogP contribution in [0.3, 0.4) is 0 Å². The van der Waals surface area contributed by atoms with Gasteiger partial charge in [-0.2, -0.15) is 0 Å². The van der Waals surface area contributed by atoms with Gasteiger partial charge >= 0.3 is 0 Å². The number of anilines is 1. The van der Waals surface area contributed by atoms with Crippen LogP contribution in [0.2, 0.25) is 0 Å². The van der Waals surface area contributed by atoms with E-state index in [1.54, 1.807) is 12.1 Å². The topological polar surface area (TPSA) is 80.3 Å². The molecule has 112 valence electrons. The van der Waals surface area contributed by atoms with Crippen LogP contribution in [0.15, 0.2) is 23.4 Å². The lowest BCUT2D eigenvalue weighted by Gasteiger charge is -2.23. The summed E-state index contributed by atoms with van der Waals surface area (Å²) in [7, 11) is -3.64. The third-order valence-corrected chi connectivity index (χ3v) is 4.69. The highest BCUT2D eigenvalue weighted by atomic mass is 32.2. The molecule has 0 aromatic carbocycles. The molecule has 0 saturated carbocycles. The number of hydrogen-bond donors (Lipinski definition) is 2. The van der Waals surface area contributed by atoms with Crippen molar-refractivity contribution in [2.75, 3.05) is 25.0 Å². The second-order valence-corrected chi connectivity index (χ2v) is 6.80. The minimum Gasteiger partial charge on any atom is -0.383 e. The Hall–Kier alpha value is -1.18. The van der Waals surface area contributed by atoms with E-state index < -0.39 is 15.6 Å². The molecule has 2 N–H and O–H groups in total. The van der Waals surface area contributed by atoms with Gasteiger partial charge in [-0.05, 0) is 38.8 Å². The molecule has 0 bridgehead atoms. The number of pyridine rings is 1. The van der Waals surface area contributed by atoms with E-state index in [-0.39, 0.29) is 11.6 Å². The van der Waals surface area contributed by atoms with Crippen LogP contribution >= 0.6 is 0 Å². The van der Waals surface area contributed by atoms with Crippen LogP contribution in [-0.2, 0) is 14.8 Å². The van der Waals surface area contributed by atoms with Gasteiger partial charge in [0.25, 0.3) is 10.0 Å². The maximum Gasteiger partial charge on any atom is 0.260 e. The molecule has 1 aromatic heterocycles. The molecule has 1 aliphatic heterocycles. The van der Waals surface area contributed by atoms with Crippen molar-refractivity contribution in [3.8, 4) is 0 Å². The molecule has 1 saturated heterocycles. The maximum atomic E-state index is 12.4. The third kappa shape index (κ3) is 3.47. The number of hydrogen-bond acceptors (Lipinski definition) is 5. The second-order valence-electron chi connectivity index (χ2n) is 5.11. The zero-order chi connectivity index (χ0) is 14.6. The fraction of sp³-hybridized carbons (Fsp3) is 0.615. The summed E-state index contributed by atoms with van der Waals surface area (Å²) in [4.78, 5) is 3.98. The summed E-state index contributed by atoms with van der Waals surface area (Å²) in [6.07, 6.45) is 3.30. The van der Waals surface area contributed by atoms with Crippen molar-refractivity contribution in [1.29, 1.82) is 0 Å². The number of ether oxygens (including phenoxy) is 1. The van der Waals surface area contributed by atoms with Crippen molar-refractivity contribution in [3.63, 3.8) is 0 Å². The smallest absolute Gasteiger partial charge is 0.260 e. The predicted octanol–water partition coefficient (Wildman–Crippen LogP) is 1.36. The van der Waals surface area contributed by atoms with Gasteiger partial charge in [-0.3, -0.25) is 0 Å². The molecule has 1 fully saturated rings. The molecule has 1 aliphatic rings. The Kier molecular flexibility index (Phi) is 4.62. The van der Waals surface area contributed by atoms with Gasteiger partial charge in [0.1, 0.15) is 0 Å². The first-order valence-electron chi connectivity index (χ1n) is 6.79. The quantitative estimate of drug-likeness (QED) is 0.829. The van der Waals surface area contributed by atoms with Gasteiger partial charge in [0.15, 0.2) is 5.03 Å². The number of rotatable bonds is 6. The van der Waals surface area contributed by atoms with Crippen LogP contribution in [0.1, 0.15) is 26.7 Å². The van der Waals surface area contributed by atoms with Gasteiger partial charge in [-0.25, -0.2) is 18.1 Å². The van der Waals surface area contributed by atoms with E-state index in [0.29, 0.717) is 18.8 Å². The van der Waals surface area contributed by atoms with Gasteiger partial charge in [-0.15, -0.1) is 0 Å². The maximum absolute atomic E-state index is 12.4. The third-order valence-electron chi connectivity index (χ3n) is 3.33. The molecule has 7 heteroatoms. The molecule has 0 spiro atoms. The van der Waals surface area contributed by atoms with Crippen molar-refractivity contribution in [3.05, 3.63) is 18.3 Å². The lowest BCUT2D eigenvalue weighted by atomic mass is 10.0. The van der Waals surface area contributed by atoms with Crippen LogP contribution < -0.4 is 10.0 Å². The summed E-state index contributed by atoms with van der Waals surface area (Å²) in [6.45, 7) is 5.41. The lowest BCUT2D eigenvalue weighted by molar-refractivity contribution is 0.0250. The van der Waals surface area contributed by atoms with E-state index in [4.69, 9.17) is 4.74 Å². The Balaban J connectivity index is 2.14. The standard InChI is InChI=1S/C13H21N3O3S/c1-3-14-11-6-4-8-15-12(11)20(17,18)16-10-13(2)7-5-9-19-13/h4,6,8,14,16H,3,5,7,9-10H2,1-2H3. The van der Waals surface area contributed by atoms with Crippen LogP contribution in [0.5, 0.6) is 0 Å². The van der Waals surface area contributed by atoms with Gasteiger partial charge < -0.3 is 10.1 Å². The first-order valence-corrected chi connectivity index (χ1v) is 8.28. The van der Waals surface area contributed by atoms with Crippen LogP contribution in [0.4, 0.5) is 5.69 Å². The summed E-state index contributed by atoms with van der Waals surface area (Å²) in [5.74, 6) is 0. The lowest BCUT2D eigenvalue weighted by Crippen LogP contribution is -2.40. The Morgan fingerprint density at radius 2 is 2.30 bits per heavy atom. The van der Waals surface area contributed by atoms with E-state index >= 15 is 0 Å². The zero-order valence-electron chi connectivity index (χ0n) is 11.8. The number of aromatic nitrogens is 1. The normalized spacial score (nSPS) is 22.9. The molecular formula is C13H21N3O3S. The van der Waals surface area contributed by atoms with Crippen LogP contribution in [-0.4, -0.2) is 38.7 Å². The summed E-state index contributed by atoms with van der Waals surface area (Å²) < 4.78 is 32.9. The summed E-state index contributed by atoms with van der Waals surface area (Å²) >= 11 is 0. The molecule has 0 radical (unpaired) electrons. The number of sulfonamides is 1. The van der Waals surface area contributed by atoms with Crippen molar-refractivity contribution in [1.82, 2.24) is 9.71 Å². The number of nitrogens with one attached hydrogen (secondary N) is 2. The largest absolute Gasteiger partial charge is 0.383 e. The summed E-state index contributed by atoms with van der Waals surface area (Å²) in [6, 6.07) is 3.41. The van der Waals surface area contributed by atoms with Gasteiger partial charge in [-0.1, -0.05) is 0 Å². The van der Waals surface area contributed by atoms with E-state index in [0.717, 1.165) is 12.8 Å². The minimum absolute atomic E-state index is 0.0310. The highest BCUT2D eigenvalue weighted by Gasteiger charge is 2.32. The molecular weight excluding hydrogens is 278 g/mol. The highest BCUT2D eigenvalue weighted by Crippen LogP contribution is 2.25. The van der Waals surface area contributed by atoms with Gasteiger partial charge in [0.05, 0.1) is 11.3 Å². The Bertz CT molecular complexity index is 554. The molecule has 20 heavy (non-hydrogen) atoms. The van der Waals surface area contributed by atoms with Crippen molar-refractivity contribution in [2.45, 2.75) is 37.3 Å². The van der Waals surface area contributed by atoms with Crippen molar-refractivity contribution in [2.24, 2.45) is 0 Å². The molecule has 1 atom stereocenters. The van der Waals surface area contributed by atoms with E-state index in [9.17, 15) is 8.42 Å². The molecule has 6 nitrogen and oxygen atoms in total. The minimum atomic E-state index is -3.64. The van der Waals surface area contributed by atoms with Crippen molar-refractivity contribution < 1.29 is 13.2 Å². The zero-order valence-corrected chi connectivity index (χ0v) is 12.7. The second kappa shape index (κ2) is 6.07. The fourth-order valence-corrected chi connectivity index (χ4v) is 3.48. The molecule has 1 aromatic rings. The number of nitrogens with zero attached hydrogens (tertiary/aromatic N) is 1. The Morgan fingerprint density at radius 3 is 2.95 bits per heavy atom. The Labute approximate surface area is 120 Å². The predicted molar refractivity (Wildman–Crippen MR) is 77.2 cm³/mol. The molecule has 1 unspecified atom stereocenters. The monoisotopic (exact) mass is 299 g/mol. The average molecular weight is 299 g/mol. The molecule has 0 amide bonds. The fourth-order valence-electron chi connectivity index (χ4n) is 2.22. The highest BCUT2D eigenvalue weighted by molar-refractivity contribution is 7.89. The molecule has 0 aliphatic carbocycles. The van der Waals surface area contributed by atoms with Crippen LogP contribution in [0, 0.1) is 0 Å². The summed E-state index contributed by atoms with van der Waals surface area (Å²) in [5, 5.41) is 3.04.